The number of hydrogen-bond donors (Lipinski definition) is 0. The van der Waals surface area contributed by atoms with Crippen molar-refractivity contribution in [2.24, 2.45) is 0 Å². The largest absolute Gasteiger partial charge is 0.353 e. The molecule has 0 aliphatic heterocycles. The molecule has 0 aromatic rings. The third-order valence-electron chi connectivity index (χ3n) is 2.43. The van der Waals surface area contributed by atoms with Crippen LogP contribution < -0.4 is 0 Å². The van der Waals surface area contributed by atoms with E-state index in [0.717, 1.165) is 6.92 Å². The van der Waals surface area contributed by atoms with Gasteiger partial charge in [-0.25, -0.2) is 8.78 Å². The van der Waals surface area contributed by atoms with Crippen LogP contribution in [0.4, 0.5) is 8.78 Å². The maximum absolute atomic E-state index is 13.2. The van der Waals surface area contributed by atoms with Gasteiger partial charge in [-0.3, -0.25) is 0 Å². The lowest BCUT2D eigenvalue weighted by Gasteiger charge is -2.36. The Kier molecular flexibility index (Phi) is 4.95. The van der Waals surface area contributed by atoms with Crippen LogP contribution in [-0.2, 0) is 9.47 Å². The summed E-state index contributed by atoms with van der Waals surface area (Å²) in [6.07, 6.45) is -0.357. The summed E-state index contributed by atoms with van der Waals surface area (Å²) in [7, 11) is 0. The van der Waals surface area contributed by atoms with Crippen molar-refractivity contribution in [3.8, 4) is 0 Å². The molecular formula is C10H20F2O2. The highest BCUT2D eigenvalue weighted by Gasteiger charge is 2.46. The summed E-state index contributed by atoms with van der Waals surface area (Å²) in [4.78, 5) is 0. The molecule has 0 bridgehead atoms. The summed E-state index contributed by atoms with van der Waals surface area (Å²) in [5, 5.41) is 0. The lowest BCUT2D eigenvalue weighted by molar-refractivity contribution is -0.264. The summed E-state index contributed by atoms with van der Waals surface area (Å²) >= 11 is 0. The van der Waals surface area contributed by atoms with Gasteiger partial charge in [-0.05, 0) is 27.2 Å². The quantitative estimate of drug-likeness (QED) is 0.627. The van der Waals surface area contributed by atoms with E-state index in [9.17, 15) is 8.78 Å². The van der Waals surface area contributed by atoms with Crippen molar-refractivity contribution in [3.63, 3.8) is 0 Å². The van der Waals surface area contributed by atoms with Crippen molar-refractivity contribution >= 4 is 0 Å². The topological polar surface area (TPSA) is 18.5 Å². The maximum atomic E-state index is 13.2. The number of ether oxygens (including phenoxy) is 2. The summed E-state index contributed by atoms with van der Waals surface area (Å²) in [5.74, 6) is -2.87. The lowest BCUT2D eigenvalue weighted by Crippen LogP contribution is -2.47. The summed E-state index contributed by atoms with van der Waals surface area (Å²) in [6.45, 7) is 7.83. The fraction of sp³-hybridized carbons (Fsp3) is 1.00. The fourth-order valence-corrected chi connectivity index (χ4v) is 1.13. The summed E-state index contributed by atoms with van der Waals surface area (Å²) < 4.78 is 36.7. The molecule has 2 atom stereocenters. The first-order chi connectivity index (χ1) is 6.27. The zero-order valence-corrected chi connectivity index (χ0v) is 9.56. The Bertz CT molecular complexity index is 168. The molecule has 0 amide bonds. The predicted molar refractivity (Wildman–Crippen MR) is 51.5 cm³/mol. The molecule has 86 valence electrons. The molecule has 0 radical (unpaired) electrons. The Hall–Kier alpha value is -0.220. The Morgan fingerprint density at radius 2 is 1.71 bits per heavy atom. The zero-order valence-electron chi connectivity index (χ0n) is 9.56. The van der Waals surface area contributed by atoms with Gasteiger partial charge in [0, 0.05) is 13.5 Å². The molecule has 4 heteroatoms. The smallest absolute Gasteiger partial charge is 0.273 e. The van der Waals surface area contributed by atoms with E-state index in [1.54, 1.807) is 20.8 Å². The standard InChI is InChI=1S/C10H20F2O2/c1-6-9(4,10(5,11)12)14-8(3)13-7-2/h8H,6-7H2,1-5H3. The van der Waals surface area contributed by atoms with Gasteiger partial charge in [0.05, 0.1) is 0 Å². The van der Waals surface area contributed by atoms with E-state index in [0.29, 0.717) is 6.61 Å². The van der Waals surface area contributed by atoms with Crippen molar-refractivity contribution in [2.75, 3.05) is 6.61 Å². The van der Waals surface area contributed by atoms with Gasteiger partial charge in [0.25, 0.3) is 5.92 Å². The Morgan fingerprint density at radius 1 is 1.21 bits per heavy atom. The van der Waals surface area contributed by atoms with Crippen LogP contribution in [0.3, 0.4) is 0 Å². The van der Waals surface area contributed by atoms with Crippen LogP contribution >= 0.6 is 0 Å². The minimum atomic E-state index is -2.87. The predicted octanol–water partition coefficient (Wildman–Crippen LogP) is 3.21. The van der Waals surface area contributed by atoms with Crippen LogP contribution in [0, 0.1) is 0 Å². The van der Waals surface area contributed by atoms with E-state index >= 15 is 0 Å². The maximum Gasteiger partial charge on any atom is 0.273 e. The second-order valence-electron chi connectivity index (χ2n) is 3.61. The number of halogens is 2. The van der Waals surface area contributed by atoms with Crippen molar-refractivity contribution < 1.29 is 18.3 Å². The van der Waals surface area contributed by atoms with Crippen molar-refractivity contribution in [3.05, 3.63) is 0 Å². The molecule has 0 saturated carbocycles. The molecule has 14 heavy (non-hydrogen) atoms. The highest BCUT2D eigenvalue weighted by Crippen LogP contribution is 2.35. The summed E-state index contributed by atoms with van der Waals surface area (Å²) in [6, 6.07) is 0. The van der Waals surface area contributed by atoms with E-state index in [2.05, 4.69) is 0 Å². The Balaban J connectivity index is 4.40. The van der Waals surface area contributed by atoms with Gasteiger partial charge in [0.15, 0.2) is 6.29 Å². The van der Waals surface area contributed by atoms with Gasteiger partial charge >= 0.3 is 0 Å². The van der Waals surface area contributed by atoms with Gasteiger partial charge in [0.2, 0.25) is 0 Å². The molecule has 2 nitrogen and oxygen atoms in total. The van der Waals surface area contributed by atoms with Crippen molar-refractivity contribution in [1.29, 1.82) is 0 Å². The summed E-state index contributed by atoms with van der Waals surface area (Å²) in [5.41, 5.74) is -1.46. The average molecular weight is 210 g/mol. The van der Waals surface area contributed by atoms with Gasteiger partial charge in [-0.2, -0.15) is 0 Å². The van der Waals surface area contributed by atoms with Gasteiger partial charge in [-0.1, -0.05) is 6.92 Å². The average Bonchev–Trinajstić information content (AvgIpc) is 2.02. The Morgan fingerprint density at radius 3 is 2.00 bits per heavy atom. The molecule has 0 rings (SSSR count). The molecule has 0 fully saturated rings. The monoisotopic (exact) mass is 210 g/mol. The van der Waals surface area contributed by atoms with E-state index < -0.39 is 17.8 Å². The molecule has 0 N–H and O–H groups in total. The van der Waals surface area contributed by atoms with Crippen LogP contribution in [0.2, 0.25) is 0 Å². The zero-order chi connectivity index (χ0) is 11.4. The highest BCUT2D eigenvalue weighted by molar-refractivity contribution is 4.86. The van der Waals surface area contributed by atoms with E-state index in [1.165, 1.54) is 6.92 Å². The second kappa shape index (κ2) is 5.03. The number of hydrogen-bond acceptors (Lipinski definition) is 2. The first kappa shape index (κ1) is 13.8. The number of rotatable bonds is 6. The van der Waals surface area contributed by atoms with E-state index in [1.807, 2.05) is 0 Å². The second-order valence-corrected chi connectivity index (χ2v) is 3.61. The normalized spacial score (nSPS) is 19.1. The van der Waals surface area contributed by atoms with Gasteiger partial charge < -0.3 is 9.47 Å². The van der Waals surface area contributed by atoms with Crippen LogP contribution in [0.15, 0.2) is 0 Å². The van der Waals surface area contributed by atoms with Crippen LogP contribution in [0.1, 0.15) is 41.0 Å². The first-order valence-corrected chi connectivity index (χ1v) is 4.94. The van der Waals surface area contributed by atoms with E-state index in [-0.39, 0.29) is 6.42 Å². The minimum absolute atomic E-state index is 0.244. The molecule has 0 aliphatic carbocycles. The number of alkyl halides is 2. The molecule has 2 unspecified atom stereocenters. The fourth-order valence-electron chi connectivity index (χ4n) is 1.13. The van der Waals surface area contributed by atoms with Crippen LogP contribution in [0.25, 0.3) is 0 Å². The SMILES string of the molecule is CCOC(C)OC(C)(CC)C(C)(F)F. The van der Waals surface area contributed by atoms with Gasteiger partial charge in [0.1, 0.15) is 5.60 Å². The molecule has 0 saturated heterocycles. The highest BCUT2D eigenvalue weighted by atomic mass is 19.3. The molecule has 0 aromatic heterocycles. The van der Waals surface area contributed by atoms with Crippen LogP contribution in [0.5, 0.6) is 0 Å². The minimum Gasteiger partial charge on any atom is -0.353 e. The van der Waals surface area contributed by atoms with Crippen molar-refractivity contribution in [2.45, 2.75) is 58.9 Å². The van der Waals surface area contributed by atoms with Crippen LogP contribution in [-0.4, -0.2) is 24.4 Å². The first-order valence-electron chi connectivity index (χ1n) is 4.94. The molecule has 0 aromatic carbocycles. The third-order valence-corrected chi connectivity index (χ3v) is 2.43. The van der Waals surface area contributed by atoms with Gasteiger partial charge in [-0.15, -0.1) is 0 Å². The van der Waals surface area contributed by atoms with Crippen molar-refractivity contribution in [1.82, 2.24) is 0 Å². The molecule has 0 spiro atoms. The third kappa shape index (κ3) is 3.50. The lowest BCUT2D eigenvalue weighted by atomic mass is 9.96. The van der Waals surface area contributed by atoms with E-state index in [4.69, 9.17) is 9.47 Å². The molecular weight excluding hydrogens is 190 g/mol. The Labute approximate surface area is 84.6 Å². The molecule has 0 aliphatic rings. The molecule has 0 heterocycles.